The van der Waals surface area contributed by atoms with E-state index in [9.17, 15) is 14.7 Å². The molecule has 0 saturated carbocycles. The molecule has 1 unspecified atom stereocenters. The first-order valence-electron chi connectivity index (χ1n) is 7.24. The second-order valence-electron chi connectivity index (χ2n) is 5.27. The minimum absolute atomic E-state index is 0.423. The molecule has 0 heterocycles. The van der Waals surface area contributed by atoms with Gasteiger partial charge >= 0.3 is 5.97 Å². The van der Waals surface area contributed by atoms with Crippen molar-refractivity contribution >= 4 is 17.6 Å². The normalized spacial score (nSPS) is 11.6. The summed E-state index contributed by atoms with van der Waals surface area (Å²) in [5.41, 5.74) is 3.24. The Labute approximate surface area is 134 Å². The molecule has 2 N–H and O–H groups in total. The summed E-state index contributed by atoms with van der Waals surface area (Å²) < 4.78 is 4.85. The quantitative estimate of drug-likeness (QED) is 0.832. The Hall–Kier alpha value is -2.66. The third kappa shape index (κ3) is 4.66. The largest absolute Gasteiger partial charge is 0.453 e. The summed E-state index contributed by atoms with van der Waals surface area (Å²) >= 11 is 0. The molecule has 0 bridgehead atoms. The number of hydrogen-bond donors (Lipinski definition) is 2. The van der Waals surface area contributed by atoms with Crippen LogP contribution in [0.1, 0.15) is 22.8 Å². The number of nitrogens with one attached hydrogen (secondary N) is 1. The van der Waals surface area contributed by atoms with Crippen molar-refractivity contribution in [2.45, 2.75) is 20.0 Å². The predicted octanol–water partition coefficient (Wildman–Crippen LogP) is 2.52. The van der Waals surface area contributed by atoms with Gasteiger partial charge in [-0.2, -0.15) is 0 Å². The van der Waals surface area contributed by atoms with Crippen LogP contribution in [0.4, 0.5) is 5.69 Å². The average molecular weight is 313 g/mol. The van der Waals surface area contributed by atoms with E-state index >= 15 is 0 Å². The van der Waals surface area contributed by atoms with E-state index in [0.29, 0.717) is 11.3 Å². The monoisotopic (exact) mass is 313 g/mol. The topological polar surface area (TPSA) is 75.6 Å². The highest BCUT2D eigenvalue weighted by Gasteiger charge is 2.19. The number of carbonyl (C=O) groups excluding carboxylic acids is 2. The highest BCUT2D eigenvalue weighted by molar-refractivity contribution is 5.93. The zero-order chi connectivity index (χ0) is 16.8. The van der Waals surface area contributed by atoms with Gasteiger partial charge in [0, 0.05) is 5.69 Å². The van der Waals surface area contributed by atoms with E-state index < -0.39 is 24.6 Å². The number of rotatable bonds is 5. The van der Waals surface area contributed by atoms with E-state index in [-0.39, 0.29) is 0 Å². The lowest BCUT2D eigenvalue weighted by Gasteiger charge is -2.11. The molecule has 2 aromatic carbocycles. The number of aliphatic hydroxyl groups excluding tert-OH is 1. The Kier molecular flexibility index (Phi) is 5.49. The third-order valence-electron chi connectivity index (χ3n) is 3.47. The van der Waals surface area contributed by atoms with Crippen LogP contribution >= 0.6 is 0 Å². The van der Waals surface area contributed by atoms with E-state index in [1.807, 2.05) is 26.0 Å². The van der Waals surface area contributed by atoms with E-state index in [2.05, 4.69) is 5.32 Å². The molecule has 0 aliphatic carbocycles. The molecule has 5 heteroatoms. The number of ether oxygens (including phenoxy) is 1. The van der Waals surface area contributed by atoms with Crippen LogP contribution < -0.4 is 5.32 Å². The zero-order valence-electron chi connectivity index (χ0n) is 13.1. The number of carbonyl (C=O) groups is 2. The van der Waals surface area contributed by atoms with E-state index in [0.717, 1.165) is 11.1 Å². The van der Waals surface area contributed by atoms with Crippen LogP contribution in [0, 0.1) is 13.8 Å². The Morgan fingerprint density at radius 3 is 2.43 bits per heavy atom. The lowest BCUT2D eigenvalue weighted by atomic mass is 10.1. The van der Waals surface area contributed by atoms with E-state index in [1.54, 1.807) is 36.4 Å². The van der Waals surface area contributed by atoms with Crippen LogP contribution in [-0.2, 0) is 14.3 Å². The second kappa shape index (κ2) is 7.56. The van der Waals surface area contributed by atoms with Gasteiger partial charge in [0.05, 0.1) is 0 Å². The maximum Gasteiger partial charge on any atom is 0.340 e. The Morgan fingerprint density at radius 2 is 1.78 bits per heavy atom. The summed E-state index contributed by atoms with van der Waals surface area (Å²) in [6.07, 6.45) is -1.40. The van der Waals surface area contributed by atoms with Crippen molar-refractivity contribution in [3.8, 4) is 0 Å². The molecule has 0 aromatic heterocycles. The summed E-state index contributed by atoms with van der Waals surface area (Å²) in [6.45, 7) is 3.48. The van der Waals surface area contributed by atoms with Gasteiger partial charge in [0.25, 0.3) is 5.91 Å². The first-order chi connectivity index (χ1) is 11.0. The lowest BCUT2D eigenvalue weighted by Crippen LogP contribution is -2.24. The van der Waals surface area contributed by atoms with Crippen molar-refractivity contribution in [1.29, 1.82) is 0 Å². The summed E-state index contributed by atoms with van der Waals surface area (Å²) in [6, 6.07) is 13.9. The van der Waals surface area contributed by atoms with Crippen LogP contribution in [0.3, 0.4) is 0 Å². The number of hydrogen-bond acceptors (Lipinski definition) is 4. The van der Waals surface area contributed by atoms with Gasteiger partial charge in [-0.3, -0.25) is 4.79 Å². The molecule has 120 valence electrons. The van der Waals surface area contributed by atoms with Gasteiger partial charge in [0.15, 0.2) is 12.7 Å². The van der Waals surface area contributed by atoms with Gasteiger partial charge in [-0.05, 0) is 42.7 Å². The summed E-state index contributed by atoms with van der Waals surface area (Å²) in [5.74, 6) is -1.31. The van der Waals surface area contributed by atoms with Crippen LogP contribution in [0.2, 0.25) is 0 Å². The number of amides is 1. The highest BCUT2D eigenvalue weighted by Crippen LogP contribution is 2.15. The number of anilines is 1. The molecule has 0 radical (unpaired) electrons. The minimum Gasteiger partial charge on any atom is -0.453 e. The van der Waals surface area contributed by atoms with Crippen molar-refractivity contribution in [3.63, 3.8) is 0 Å². The van der Waals surface area contributed by atoms with E-state index in [4.69, 9.17) is 4.74 Å². The number of esters is 1. The molecule has 0 saturated heterocycles. The van der Waals surface area contributed by atoms with Gasteiger partial charge in [0.1, 0.15) is 0 Å². The molecular weight excluding hydrogens is 294 g/mol. The smallest absolute Gasteiger partial charge is 0.340 e. The third-order valence-corrected chi connectivity index (χ3v) is 3.47. The molecular formula is C18H19NO4. The van der Waals surface area contributed by atoms with Crippen LogP contribution in [0.5, 0.6) is 0 Å². The number of aryl methyl sites for hydroxylation is 2. The average Bonchev–Trinajstić information content (AvgIpc) is 2.56. The second-order valence-corrected chi connectivity index (χ2v) is 5.27. The first-order valence-corrected chi connectivity index (χ1v) is 7.24. The molecule has 2 aromatic rings. The molecule has 0 fully saturated rings. The molecule has 23 heavy (non-hydrogen) atoms. The fourth-order valence-electron chi connectivity index (χ4n) is 2.00. The molecule has 0 spiro atoms. The van der Waals surface area contributed by atoms with Crippen molar-refractivity contribution in [1.82, 2.24) is 0 Å². The standard InChI is InChI=1S/C18H19NO4/c1-12-8-9-15(10-13(12)2)19-16(20)11-23-18(22)17(21)14-6-4-3-5-7-14/h3-10,17,21H,11H2,1-2H3,(H,19,20). The van der Waals surface area contributed by atoms with Gasteiger partial charge in [0.2, 0.25) is 0 Å². The van der Waals surface area contributed by atoms with Gasteiger partial charge in [-0.1, -0.05) is 36.4 Å². The Morgan fingerprint density at radius 1 is 1.09 bits per heavy atom. The molecule has 1 amide bonds. The van der Waals surface area contributed by atoms with Crippen molar-refractivity contribution in [2.24, 2.45) is 0 Å². The Bertz CT molecular complexity index is 697. The van der Waals surface area contributed by atoms with Crippen LogP contribution in [0.25, 0.3) is 0 Å². The van der Waals surface area contributed by atoms with Crippen molar-refractivity contribution in [3.05, 3.63) is 65.2 Å². The maximum absolute atomic E-state index is 11.8. The number of benzene rings is 2. The lowest BCUT2D eigenvalue weighted by molar-refractivity contribution is -0.156. The van der Waals surface area contributed by atoms with E-state index in [1.165, 1.54) is 0 Å². The SMILES string of the molecule is Cc1ccc(NC(=O)COC(=O)C(O)c2ccccc2)cc1C. The minimum atomic E-state index is -1.40. The molecule has 2 rings (SSSR count). The summed E-state index contributed by atoms with van der Waals surface area (Å²) in [7, 11) is 0. The van der Waals surface area contributed by atoms with Crippen molar-refractivity contribution in [2.75, 3.05) is 11.9 Å². The van der Waals surface area contributed by atoms with Crippen LogP contribution in [-0.4, -0.2) is 23.6 Å². The zero-order valence-corrected chi connectivity index (χ0v) is 13.1. The summed E-state index contributed by atoms with van der Waals surface area (Å²) in [5, 5.41) is 12.5. The highest BCUT2D eigenvalue weighted by atomic mass is 16.5. The number of aliphatic hydroxyl groups is 1. The molecule has 5 nitrogen and oxygen atoms in total. The fourth-order valence-corrected chi connectivity index (χ4v) is 2.00. The predicted molar refractivity (Wildman–Crippen MR) is 86.9 cm³/mol. The van der Waals surface area contributed by atoms with Gasteiger partial charge in [-0.15, -0.1) is 0 Å². The fraction of sp³-hybridized carbons (Fsp3) is 0.222. The van der Waals surface area contributed by atoms with Crippen LogP contribution in [0.15, 0.2) is 48.5 Å². The molecule has 1 atom stereocenters. The van der Waals surface area contributed by atoms with Gasteiger partial charge < -0.3 is 15.2 Å². The van der Waals surface area contributed by atoms with Gasteiger partial charge in [-0.25, -0.2) is 4.79 Å². The molecule has 0 aliphatic rings. The first kappa shape index (κ1) is 16.7. The molecule has 0 aliphatic heterocycles. The Balaban J connectivity index is 1.86. The maximum atomic E-state index is 11.8. The summed E-state index contributed by atoms with van der Waals surface area (Å²) in [4.78, 5) is 23.5. The van der Waals surface area contributed by atoms with Crippen molar-refractivity contribution < 1.29 is 19.4 Å².